The van der Waals surface area contributed by atoms with Gasteiger partial charge in [0, 0.05) is 5.39 Å². The summed E-state index contributed by atoms with van der Waals surface area (Å²) >= 11 is 0. The van der Waals surface area contributed by atoms with E-state index in [0.717, 1.165) is 34.2 Å². The fourth-order valence-electron chi connectivity index (χ4n) is 4.64. The average molecular weight is 522 g/mol. The summed E-state index contributed by atoms with van der Waals surface area (Å²) in [5, 5.41) is 14.0. The van der Waals surface area contributed by atoms with Crippen LogP contribution in [-0.4, -0.2) is 17.0 Å². The van der Waals surface area contributed by atoms with E-state index >= 15 is 0 Å². The van der Waals surface area contributed by atoms with Crippen molar-refractivity contribution in [1.82, 2.24) is 5.32 Å². The Morgan fingerprint density at radius 3 is 2.16 bits per heavy atom. The number of carboxylic acid groups (broad SMARTS) is 1. The summed E-state index contributed by atoms with van der Waals surface area (Å²) in [7, 11) is 0. The Balaban J connectivity index is 1.68. The normalized spacial score (nSPS) is 12.3. The average Bonchev–Trinajstić information content (AvgIpc) is 2.85. The molecular weight excluding hydrogens is 495 g/mol. The van der Waals surface area contributed by atoms with Gasteiger partial charge in [0.2, 0.25) is 0 Å². The Kier molecular flexibility index (Phi) is 7.44. The maximum Gasteiger partial charge on any atom is 0.416 e. The van der Waals surface area contributed by atoms with Crippen LogP contribution in [0.5, 0.6) is 5.75 Å². The minimum Gasteiger partial charge on any atom is -0.487 e. The SMILES string of the molecule is Cc1cc(C)c([C@H](NC(=O)c2ccc3ccccc3c2OCc2ccc(C(F)(F)F)cc2)C(=O)O)c(C)c1. The standard InChI is InChI=1S/C30H26F3NO4/c1-17-14-18(2)25(19(3)15-17)26(29(36)37)34-28(35)24-13-10-21-6-4-5-7-23(21)27(24)38-16-20-8-11-22(12-9-20)30(31,32)33/h4-15,26H,16H2,1-3H3,(H,34,35)(H,36,37)/t26-/m0/s1. The van der Waals surface area contributed by atoms with E-state index in [0.29, 0.717) is 16.5 Å². The zero-order chi connectivity index (χ0) is 27.6. The highest BCUT2D eigenvalue weighted by Gasteiger charge is 2.30. The first-order valence-corrected chi connectivity index (χ1v) is 11.9. The number of carboxylic acids is 1. The summed E-state index contributed by atoms with van der Waals surface area (Å²) < 4.78 is 44.8. The van der Waals surface area contributed by atoms with Gasteiger partial charge in [-0.3, -0.25) is 4.79 Å². The number of fused-ring (bicyclic) bond motifs is 1. The Morgan fingerprint density at radius 1 is 0.921 bits per heavy atom. The van der Waals surface area contributed by atoms with Crippen LogP contribution in [0.4, 0.5) is 13.2 Å². The van der Waals surface area contributed by atoms with E-state index in [-0.39, 0.29) is 17.9 Å². The Bertz CT molecular complexity index is 1490. The molecule has 4 rings (SSSR count). The lowest BCUT2D eigenvalue weighted by molar-refractivity contribution is -0.139. The van der Waals surface area contributed by atoms with E-state index in [1.807, 2.05) is 31.2 Å². The number of alkyl halides is 3. The predicted molar refractivity (Wildman–Crippen MR) is 138 cm³/mol. The molecular formula is C30H26F3NO4. The number of rotatable bonds is 7. The molecule has 0 heterocycles. The molecule has 38 heavy (non-hydrogen) atoms. The number of nitrogens with one attached hydrogen (secondary N) is 1. The van der Waals surface area contributed by atoms with Crippen molar-refractivity contribution >= 4 is 22.6 Å². The second-order valence-corrected chi connectivity index (χ2v) is 9.20. The molecule has 0 saturated heterocycles. The molecule has 0 saturated carbocycles. The summed E-state index contributed by atoms with van der Waals surface area (Å²) in [6.45, 7) is 5.41. The largest absolute Gasteiger partial charge is 0.487 e. The van der Waals surface area contributed by atoms with Crippen molar-refractivity contribution in [1.29, 1.82) is 0 Å². The summed E-state index contributed by atoms with van der Waals surface area (Å²) in [4.78, 5) is 25.7. The lowest BCUT2D eigenvalue weighted by Crippen LogP contribution is -2.35. The molecule has 0 unspecified atom stereocenters. The van der Waals surface area contributed by atoms with Crippen molar-refractivity contribution in [2.45, 2.75) is 39.6 Å². The Hall–Kier alpha value is -4.33. The van der Waals surface area contributed by atoms with Crippen molar-refractivity contribution < 1.29 is 32.6 Å². The van der Waals surface area contributed by atoms with Gasteiger partial charge in [-0.15, -0.1) is 0 Å². The number of carbonyl (C=O) groups is 2. The molecule has 0 aromatic heterocycles. The molecule has 0 bridgehead atoms. The highest BCUT2D eigenvalue weighted by Crippen LogP contribution is 2.33. The number of hydrogen-bond acceptors (Lipinski definition) is 3. The Morgan fingerprint density at radius 2 is 1.55 bits per heavy atom. The molecule has 8 heteroatoms. The van der Waals surface area contributed by atoms with Gasteiger partial charge in [0.15, 0.2) is 6.04 Å². The van der Waals surface area contributed by atoms with Crippen LogP contribution in [0.1, 0.15) is 49.8 Å². The van der Waals surface area contributed by atoms with Crippen LogP contribution in [0.15, 0.2) is 72.8 Å². The van der Waals surface area contributed by atoms with Crippen molar-refractivity contribution in [2.24, 2.45) is 0 Å². The molecule has 0 aliphatic heterocycles. The van der Waals surface area contributed by atoms with Gasteiger partial charge in [-0.2, -0.15) is 13.2 Å². The molecule has 0 spiro atoms. The maximum absolute atomic E-state index is 13.5. The molecule has 0 aliphatic carbocycles. The minimum atomic E-state index is -4.45. The van der Waals surface area contributed by atoms with E-state index < -0.39 is 29.7 Å². The van der Waals surface area contributed by atoms with Crippen LogP contribution < -0.4 is 10.1 Å². The van der Waals surface area contributed by atoms with E-state index in [1.165, 1.54) is 12.1 Å². The molecule has 1 atom stereocenters. The fourth-order valence-corrected chi connectivity index (χ4v) is 4.64. The van der Waals surface area contributed by atoms with Crippen LogP contribution in [0, 0.1) is 20.8 Å². The smallest absolute Gasteiger partial charge is 0.416 e. The van der Waals surface area contributed by atoms with Crippen molar-refractivity contribution in [3.63, 3.8) is 0 Å². The minimum absolute atomic E-state index is 0.0923. The molecule has 1 amide bonds. The zero-order valence-electron chi connectivity index (χ0n) is 21.0. The third-order valence-corrected chi connectivity index (χ3v) is 6.34. The molecule has 0 fully saturated rings. The van der Waals surface area contributed by atoms with Gasteiger partial charge in [0.25, 0.3) is 5.91 Å². The third-order valence-electron chi connectivity index (χ3n) is 6.34. The second kappa shape index (κ2) is 10.6. The van der Waals surface area contributed by atoms with Gasteiger partial charge in [-0.05, 0) is 66.6 Å². The van der Waals surface area contributed by atoms with E-state index in [1.54, 1.807) is 38.1 Å². The maximum atomic E-state index is 13.5. The number of aryl methyl sites for hydroxylation is 3. The van der Waals surface area contributed by atoms with Crippen LogP contribution in [0.25, 0.3) is 10.8 Å². The highest BCUT2D eigenvalue weighted by molar-refractivity contribution is 6.05. The zero-order valence-corrected chi connectivity index (χ0v) is 21.0. The molecule has 0 aliphatic rings. The first kappa shape index (κ1) is 26.7. The number of ether oxygens (including phenoxy) is 1. The summed E-state index contributed by atoms with van der Waals surface area (Å²) in [6.07, 6.45) is -4.45. The van der Waals surface area contributed by atoms with Crippen LogP contribution in [0.3, 0.4) is 0 Å². The summed E-state index contributed by atoms with van der Waals surface area (Å²) in [6, 6.07) is 17.5. The lowest BCUT2D eigenvalue weighted by atomic mass is 9.93. The van der Waals surface area contributed by atoms with Gasteiger partial charge in [-0.1, -0.05) is 60.2 Å². The molecule has 196 valence electrons. The number of halogens is 3. The number of aliphatic carboxylic acids is 1. The monoisotopic (exact) mass is 521 g/mol. The number of carbonyl (C=O) groups excluding carboxylic acids is 1. The van der Waals surface area contributed by atoms with E-state index in [4.69, 9.17) is 4.74 Å². The summed E-state index contributed by atoms with van der Waals surface area (Å²) in [5.41, 5.74) is 2.79. The van der Waals surface area contributed by atoms with Crippen molar-refractivity contribution in [2.75, 3.05) is 0 Å². The van der Waals surface area contributed by atoms with Crippen LogP contribution in [0.2, 0.25) is 0 Å². The lowest BCUT2D eigenvalue weighted by Gasteiger charge is -2.21. The Labute approximate surface area is 217 Å². The number of amides is 1. The topological polar surface area (TPSA) is 75.6 Å². The summed E-state index contributed by atoms with van der Waals surface area (Å²) in [5.74, 6) is -1.65. The van der Waals surface area contributed by atoms with E-state index in [2.05, 4.69) is 5.32 Å². The number of benzene rings is 4. The first-order valence-electron chi connectivity index (χ1n) is 11.9. The van der Waals surface area contributed by atoms with Crippen LogP contribution >= 0.6 is 0 Å². The molecule has 0 radical (unpaired) electrons. The molecule has 5 nitrogen and oxygen atoms in total. The molecule has 4 aromatic rings. The quantitative estimate of drug-likeness (QED) is 0.277. The fraction of sp³-hybridized carbons (Fsp3) is 0.200. The van der Waals surface area contributed by atoms with Gasteiger partial charge < -0.3 is 15.2 Å². The third kappa shape index (κ3) is 5.64. The van der Waals surface area contributed by atoms with Gasteiger partial charge >= 0.3 is 12.1 Å². The van der Waals surface area contributed by atoms with Crippen LogP contribution in [-0.2, 0) is 17.6 Å². The second-order valence-electron chi connectivity index (χ2n) is 9.20. The van der Waals surface area contributed by atoms with Gasteiger partial charge in [0.1, 0.15) is 12.4 Å². The van der Waals surface area contributed by atoms with E-state index in [9.17, 15) is 27.9 Å². The molecule has 4 aromatic carbocycles. The first-order chi connectivity index (χ1) is 18.0. The van der Waals surface area contributed by atoms with Crippen molar-refractivity contribution in [3.8, 4) is 5.75 Å². The number of hydrogen-bond donors (Lipinski definition) is 2. The van der Waals surface area contributed by atoms with Gasteiger partial charge in [0.05, 0.1) is 11.1 Å². The predicted octanol–water partition coefficient (Wildman–Crippen LogP) is 6.92. The van der Waals surface area contributed by atoms with Gasteiger partial charge in [-0.25, -0.2) is 4.79 Å². The highest BCUT2D eigenvalue weighted by atomic mass is 19.4. The molecule has 2 N–H and O–H groups in total. The van der Waals surface area contributed by atoms with Crippen molar-refractivity contribution in [3.05, 3.63) is 112 Å².